The molecule has 10 nitrogen and oxygen atoms in total. The van der Waals surface area contributed by atoms with Gasteiger partial charge in [-0.05, 0) is 0 Å². The zero-order valence-corrected chi connectivity index (χ0v) is 14.2. The highest BCUT2D eigenvalue weighted by Gasteiger charge is 2.59. The van der Waals surface area contributed by atoms with Gasteiger partial charge in [0.25, 0.3) is 5.97 Å². The van der Waals surface area contributed by atoms with Crippen LogP contribution in [-0.4, -0.2) is 68.2 Å². The van der Waals surface area contributed by atoms with Crippen LogP contribution in [0.25, 0.3) is 0 Å². The minimum atomic E-state index is -3.30. The molecule has 6 atom stereocenters. The highest BCUT2D eigenvalue weighted by atomic mass is 16.9. The van der Waals surface area contributed by atoms with Crippen LogP contribution in [-0.2, 0) is 47.5 Å². The largest absolute Gasteiger partial charge is 0.463 e. The first-order valence-corrected chi connectivity index (χ1v) is 7.13. The summed E-state index contributed by atoms with van der Waals surface area (Å²) in [5.74, 6) is -5.58. The molecule has 25 heavy (non-hydrogen) atoms. The topological polar surface area (TPSA) is 116 Å². The lowest BCUT2D eigenvalue weighted by Gasteiger charge is -2.40. The third-order valence-corrected chi connectivity index (χ3v) is 2.96. The number of fused-ring (bicyclic) bond motifs is 1. The lowest BCUT2D eigenvalue weighted by atomic mass is 9.98. The summed E-state index contributed by atoms with van der Waals surface area (Å²) in [7, 11) is 1.12. The number of ether oxygens (including phenoxy) is 7. The third-order valence-electron chi connectivity index (χ3n) is 2.96. The molecule has 0 spiro atoms. The molecular formula is C15H22O10. The van der Waals surface area contributed by atoms with Crippen LogP contribution in [0.3, 0.4) is 0 Å². The molecule has 2 aliphatic heterocycles. The van der Waals surface area contributed by atoms with Gasteiger partial charge in [-0.15, -0.1) is 0 Å². The van der Waals surface area contributed by atoms with Crippen molar-refractivity contribution in [1.29, 1.82) is 0 Å². The highest BCUT2D eigenvalue weighted by molar-refractivity contribution is 5.67. The molecule has 0 radical (unpaired) electrons. The van der Waals surface area contributed by atoms with Gasteiger partial charge in [0.2, 0.25) is 0 Å². The summed E-state index contributed by atoms with van der Waals surface area (Å²) in [6.07, 6.45) is -13.9. The summed E-state index contributed by atoms with van der Waals surface area (Å²) in [6.45, 7) is 0.513. The van der Waals surface area contributed by atoms with Crippen molar-refractivity contribution in [3.05, 3.63) is 0 Å². The van der Waals surface area contributed by atoms with Gasteiger partial charge in [-0.2, -0.15) is 0 Å². The highest BCUT2D eigenvalue weighted by Crippen LogP contribution is 2.39. The Kier molecular flexibility index (Phi) is 4.11. The quantitative estimate of drug-likeness (QED) is 0.481. The predicted molar refractivity (Wildman–Crippen MR) is 77.8 cm³/mol. The van der Waals surface area contributed by atoms with Gasteiger partial charge in [0.05, 0.1) is 6.85 Å². The summed E-state index contributed by atoms with van der Waals surface area (Å²) in [6, 6.07) is 0. The molecule has 0 saturated carbocycles. The summed E-state index contributed by atoms with van der Waals surface area (Å²) < 4.78 is 77.3. The molecule has 0 aliphatic carbocycles. The number of hydrogen-bond acceptors (Lipinski definition) is 10. The second kappa shape index (κ2) is 7.65. The van der Waals surface area contributed by atoms with Crippen molar-refractivity contribution in [2.45, 2.75) is 64.3 Å². The van der Waals surface area contributed by atoms with E-state index in [2.05, 4.69) is 4.74 Å². The monoisotopic (exact) mass is 367 g/mol. The van der Waals surface area contributed by atoms with Crippen molar-refractivity contribution in [1.82, 2.24) is 0 Å². The van der Waals surface area contributed by atoms with Crippen LogP contribution in [0.4, 0.5) is 0 Å². The molecular weight excluding hydrogens is 340 g/mol. The summed E-state index contributed by atoms with van der Waals surface area (Å²) in [5, 5.41) is 0. The van der Waals surface area contributed by atoms with Crippen LogP contribution < -0.4 is 0 Å². The number of esters is 3. The van der Waals surface area contributed by atoms with Crippen LogP contribution in [0, 0.1) is 0 Å². The Morgan fingerprint density at radius 3 is 2.20 bits per heavy atom. The van der Waals surface area contributed by atoms with Gasteiger partial charge in [-0.1, -0.05) is 0 Å². The number of carbonyl (C=O) groups is 3. The van der Waals surface area contributed by atoms with Gasteiger partial charge >= 0.3 is 17.9 Å². The molecule has 2 fully saturated rings. The number of carbonyl (C=O) groups excluding carboxylic acids is 3. The molecule has 2 aliphatic rings. The molecule has 0 aromatic heterocycles. The molecule has 0 aromatic carbocycles. The van der Waals surface area contributed by atoms with E-state index in [0.29, 0.717) is 0 Å². The average Bonchev–Trinajstić information content (AvgIpc) is 2.81. The Hall–Kier alpha value is -1.75. The summed E-state index contributed by atoms with van der Waals surface area (Å²) in [5.41, 5.74) is 0. The van der Waals surface area contributed by atoms with Crippen LogP contribution in [0.15, 0.2) is 0 Å². The normalized spacial score (nSPS) is 49.4. The van der Waals surface area contributed by atoms with Gasteiger partial charge in [-0.3, -0.25) is 19.1 Å². The third kappa shape index (κ3) is 4.66. The molecule has 0 amide bonds. The molecule has 2 rings (SSSR count). The van der Waals surface area contributed by atoms with Gasteiger partial charge in [0, 0.05) is 34.8 Å². The first-order chi connectivity index (χ1) is 13.5. The van der Waals surface area contributed by atoms with E-state index in [-0.39, 0.29) is 0 Å². The Labute approximate surface area is 151 Å². The SMILES string of the molecule is [2H]C([2H])(OC(C)=O)[C@H]1O[C@H]2OC(C)(OC)O[C@@]2([2H])[C@@]([2H])(OC(C)=O)[C@]1([2H])OC(C)=O. The molecule has 0 N–H and O–H groups in total. The smallest absolute Gasteiger partial charge is 0.303 e. The molecule has 0 bridgehead atoms. The summed E-state index contributed by atoms with van der Waals surface area (Å²) >= 11 is 0. The minimum Gasteiger partial charge on any atom is -0.463 e. The zero-order valence-electron chi connectivity index (χ0n) is 19.2. The zero-order chi connectivity index (χ0) is 23.3. The first-order valence-electron chi connectivity index (χ1n) is 9.63. The van der Waals surface area contributed by atoms with E-state index in [1.54, 1.807) is 0 Å². The Morgan fingerprint density at radius 2 is 1.68 bits per heavy atom. The van der Waals surface area contributed by atoms with E-state index in [1.165, 1.54) is 6.92 Å². The van der Waals surface area contributed by atoms with Gasteiger partial charge in [0.15, 0.2) is 24.5 Å². The van der Waals surface area contributed by atoms with Crippen LogP contribution in [0.1, 0.15) is 34.5 Å². The molecule has 2 saturated heterocycles. The van der Waals surface area contributed by atoms with Crippen LogP contribution in [0.5, 0.6) is 0 Å². The standard InChI is InChI=1S/C15H22O10/c1-7(16)20-6-10-11(21-8(2)17)12(22-9(3)18)13-14(23-10)25-15(4,19-5)24-13/h10-14H,6H2,1-5H3/t10-,11-,12+,13+,14+,15?/m1/s1/i6D2,11D,12D,13D. The number of rotatable bonds is 5. The predicted octanol–water partition coefficient (Wildman–Crippen LogP) is -0.127. The molecule has 2 heterocycles. The van der Waals surface area contributed by atoms with Crippen molar-refractivity contribution >= 4 is 17.9 Å². The van der Waals surface area contributed by atoms with E-state index in [4.69, 9.17) is 35.3 Å². The van der Waals surface area contributed by atoms with E-state index < -0.39 is 61.1 Å². The minimum absolute atomic E-state index is 0.830. The Bertz CT molecular complexity index is 751. The van der Waals surface area contributed by atoms with E-state index in [9.17, 15) is 14.4 Å². The number of methoxy groups -OCH3 is 1. The number of hydrogen-bond donors (Lipinski definition) is 0. The van der Waals surface area contributed by atoms with Gasteiger partial charge in [-0.25, -0.2) is 0 Å². The second-order valence-electron chi connectivity index (χ2n) is 5.09. The van der Waals surface area contributed by atoms with E-state index in [1.807, 2.05) is 0 Å². The van der Waals surface area contributed by atoms with Gasteiger partial charge < -0.3 is 28.4 Å². The van der Waals surface area contributed by atoms with Crippen LogP contribution >= 0.6 is 0 Å². The maximum Gasteiger partial charge on any atom is 0.303 e. The maximum absolute atomic E-state index is 11.8. The molecule has 1 unspecified atom stereocenters. The second-order valence-corrected chi connectivity index (χ2v) is 5.09. The Morgan fingerprint density at radius 1 is 1.08 bits per heavy atom. The van der Waals surface area contributed by atoms with Crippen molar-refractivity contribution in [2.24, 2.45) is 0 Å². The lowest BCUT2D eigenvalue weighted by Crippen LogP contribution is -2.60. The fraction of sp³-hybridized carbons (Fsp3) is 0.800. The van der Waals surface area contributed by atoms with Crippen molar-refractivity contribution in [3.8, 4) is 0 Å². The fourth-order valence-corrected chi connectivity index (χ4v) is 2.00. The van der Waals surface area contributed by atoms with Crippen molar-refractivity contribution in [2.75, 3.05) is 13.7 Å². The lowest BCUT2D eigenvalue weighted by molar-refractivity contribution is -0.334. The molecule has 142 valence electrons. The maximum atomic E-state index is 11.8. The van der Waals surface area contributed by atoms with Crippen molar-refractivity contribution in [3.63, 3.8) is 0 Å². The van der Waals surface area contributed by atoms with E-state index in [0.717, 1.165) is 27.9 Å². The van der Waals surface area contributed by atoms with Crippen molar-refractivity contribution < 1.29 is 54.4 Å². The summed E-state index contributed by atoms with van der Waals surface area (Å²) in [4.78, 5) is 34.9. The molecule has 0 aromatic rings. The van der Waals surface area contributed by atoms with Gasteiger partial charge in [0.1, 0.15) is 12.7 Å². The van der Waals surface area contributed by atoms with Crippen LogP contribution in [0.2, 0.25) is 0 Å². The Balaban J connectivity index is 2.76. The molecule has 10 heteroatoms. The average molecular weight is 367 g/mol. The van der Waals surface area contributed by atoms with E-state index >= 15 is 0 Å². The fourth-order valence-electron chi connectivity index (χ4n) is 2.00. The first kappa shape index (κ1) is 13.5.